The van der Waals surface area contributed by atoms with Crippen molar-refractivity contribution in [3.63, 3.8) is 0 Å². The summed E-state index contributed by atoms with van der Waals surface area (Å²) in [5.74, 6) is -1.86. The number of amides is 1. The quantitative estimate of drug-likeness (QED) is 0.811. The average Bonchev–Trinajstić information content (AvgIpc) is 3.26. The standard InChI is InChI=1S/C17H18F2N2O3S2/c18-13-9-12(10-14(19)11-13)3-5-20-17(22)16-15(4-8-25-16)26(23,24)21-6-1-2-7-21/h4,8-11H,1-3,5-7H2,(H,20,22). The molecule has 0 aliphatic carbocycles. The van der Waals surface area contributed by atoms with Gasteiger partial charge in [0.25, 0.3) is 5.91 Å². The molecule has 1 N–H and O–H groups in total. The number of nitrogens with zero attached hydrogens (tertiary/aromatic N) is 1. The van der Waals surface area contributed by atoms with E-state index in [2.05, 4.69) is 5.32 Å². The van der Waals surface area contributed by atoms with E-state index < -0.39 is 27.6 Å². The Hall–Kier alpha value is -1.84. The zero-order valence-corrected chi connectivity index (χ0v) is 15.5. The molecular weight excluding hydrogens is 382 g/mol. The van der Waals surface area contributed by atoms with Crippen molar-refractivity contribution in [3.05, 3.63) is 51.7 Å². The summed E-state index contributed by atoms with van der Waals surface area (Å²) in [6.07, 6.45) is 1.87. The minimum absolute atomic E-state index is 0.0127. The second-order valence-corrected chi connectivity index (χ2v) is 8.83. The van der Waals surface area contributed by atoms with E-state index in [1.807, 2.05) is 0 Å². The van der Waals surface area contributed by atoms with Gasteiger partial charge in [0.15, 0.2) is 0 Å². The van der Waals surface area contributed by atoms with Gasteiger partial charge in [-0.05, 0) is 48.4 Å². The number of carbonyl (C=O) groups is 1. The predicted molar refractivity (Wildman–Crippen MR) is 94.7 cm³/mol. The Morgan fingerprint density at radius 1 is 1.15 bits per heavy atom. The molecule has 2 heterocycles. The van der Waals surface area contributed by atoms with Gasteiger partial charge >= 0.3 is 0 Å². The first-order chi connectivity index (χ1) is 12.4. The van der Waals surface area contributed by atoms with Crippen LogP contribution >= 0.6 is 11.3 Å². The number of thiophene rings is 1. The van der Waals surface area contributed by atoms with Gasteiger partial charge in [-0.25, -0.2) is 17.2 Å². The van der Waals surface area contributed by atoms with Crippen molar-refractivity contribution in [1.29, 1.82) is 0 Å². The summed E-state index contributed by atoms with van der Waals surface area (Å²) in [7, 11) is -3.68. The molecule has 1 aromatic carbocycles. The van der Waals surface area contributed by atoms with Gasteiger partial charge in [0.1, 0.15) is 21.4 Å². The normalized spacial score (nSPS) is 15.3. The molecule has 1 fully saturated rings. The summed E-state index contributed by atoms with van der Waals surface area (Å²) in [6.45, 7) is 1.07. The molecule has 140 valence electrons. The van der Waals surface area contributed by atoms with Crippen molar-refractivity contribution >= 4 is 27.3 Å². The van der Waals surface area contributed by atoms with E-state index >= 15 is 0 Å². The molecule has 9 heteroatoms. The molecule has 26 heavy (non-hydrogen) atoms. The number of hydrogen-bond acceptors (Lipinski definition) is 4. The van der Waals surface area contributed by atoms with Crippen LogP contribution in [-0.4, -0.2) is 38.3 Å². The fraction of sp³-hybridized carbons (Fsp3) is 0.353. The van der Waals surface area contributed by atoms with Crippen molar-refractivity contribution in [2.75, 3.05) is 19.6 Å². The molecule has 0 atom stereocenters. The Morgan fingerprint density at radius 3 is 2.46 bits per heavy atom. The van der Waals surface area contributed by atoms with E-state index in [9.17, 15) is 22.0 Å². The molecule has 1 amide bonds. The smallest absolute Gasteiger partial charge is 0.262 e. The minimum Gasteiger partial charge on any atom is -0.351 e. The zero-order chi connectivity index (χ0) is 18.7. The van der Waals surface area contributed by atoms with Crippen LogP contribution in [0.1, 0.15) is 28.1 Å². The number of carbonyl (C=O) groups excluding carboxylic acids is 1. The summed E-state index contributed by atoms with van der Waals surface area (Å²) in [5, 5.41) is 4.19. The molecule has 0 saturated carbocycles. The van der Waals surface area contributed by atoms with E-state index in [4.69, 9.17) is 0 Å². The Labute approximate surface area is 154 Å². The summed E-state index contributed by atoms with van der Waals surface area (Å²) >= 11 is 1.06. The fourth-order valence-corrected chi connectivity index (χ4v) is 5.72. The van der Waals surface area contributed by atoms with Crippen LogP contribution in [0.2, 0.25) is 0 Å². The lowest BCUT2D eigenvalue weighted by atomic mass is 10.1. The maximum Gasteiger partial charge on any atom is 0.262 e. The van der Waals surface area contributed by atoms with E-state index in [1.165, 1.54) is 22.5 Å². The van der Waals surface area contributed by atoms with Crippen LogP contribution in [0.15, 0.2) is 34.5 Å². The minimum atomic E-state index is -3.68. The highest BCUT2D eigenvalue weighted by atomic mass is 32.2. The van der Waals surface area contributed by atoms with E-state index in [0.29, 0.717) is 18.7 Å². The van der Waals surface area contributed by atoms with Gasteiger partial charge in [0, 0.05) is 25.7 Å². The predicted octanol–water partition coefficient (Wildman–Crippen LogP) is 2.78. The third kappa shape index (κ3) is 4.11. The van der Waals surface area contributed by atoms with Crippen molar-refractivity contribution in [2.24, 2.45) is 0 Å². The topological polar surface area (TPSA) is 66.5 Å². The van der Waals surface area contributed by atoms with Crippen molar-refractivity contribution < 1.29 is 22.0 Å². The summed E-state index contributed by atoms with van der Waals surface area (Å²) in [5.41, 5.74) is 0.416. The van der Waals surface area contributed by atoms with E-state index in [1.54, 1.807) is 5.38 Å². The average molecular weight is 400 g/mol. The van der Waals surface area contributed by atoms with E-state index in [-0.39, 0.29) is 22.7 Å². The fourth-order valence-electron chi connectivity index (χ4n) is 2.89. The molecule has 3 rings (SSSR count). The van der Waals surface area contributed by atoms with Crippen LogP contribution in [0.4, 0.5) is 8.78 Å². The Kier molecular flexibility index (Phi) is 5.69. The van der Waals surface area contributed by atoms with Gasteiger partial charge in [-0.1, -0.05) is 0 Å². The van der Waals surface area contributed by atoms with Gasteiger partial charge < -0.3 is 5.32 Å². The number of benzene rings is 1. The van der Waals surface area contributed by atoms with Crippen LogP contribution in [-0.2, 0) is 16.4 Å². The second-order valence-electron chi connectivity index (χ2n) is 6.01. The van der Waals surface area contributed by atoms with Crippen molar-refractivity contribution in [1.82, 2.24) is 9.62 Å². The number of nitrogens with one attached hydrogen (secondary N) is 1. The third-order valence-corrected chi connectivity index (χ3v) is 7.12. The second kappa shape index (κ2) is 7.81. The van der Waals surface area contributed by atoms with E-state index in [0.717, 1.165) is 30.2 Å². The van der Waals surface area contributed by atoms with Crippen molar-refractivity contribution in [3.8, 4) is 0 Å². The first-order valence-corrected chi connectivity index (χ1v) is 10.5. The van der Waals surface area contributed by atoms with Crippen LogP contribution in [0.25, 0.3) is 0 Å². The molecule has 5 nitrogen and oxygen atoms in total. The molecular formula is C17H18F2N2O3S2. The molecule has 0 unspecified atom stereocenters. The van der Waals surface area contributed by atoms with Gasteiger partial charge in [-0.15, -0.1) is 11.3 Å². The first kappa shape index (κ1) is 18.9. The summed E-state index contributed by atoms with van der Waals surface area (Å²) < 4.78 is 53.1. The molecule has 0 radical (unpaired) electrons. The lowest BCUT2D eigenvalue weighted by Crippen LogP contribution is -2.31. The largest absolute Gasteiger partial charge is 0.351 e. The SMILES string of the molecule is O=C(NCCc1cc(F)cc(F)c1)c1sccc1S(=O)(=O)N1CCCC1. The van der Waals surface area contributed by atoms with Crippen LogP contribution < -0.4 is 5.32 Å². The number of halogens is 2. The van der Waals surface area contributed by atoms with Gasteiger partial charge in [-0.2, -0.15) is 4.31 Å². The molecule has 1 aliphatic heterocycles. The molecule has 0 bridgehead atoms. The zero-order valence-electron chi connectivity index (χ0n) is 13.9. The Morgan fingerprint density at radius 2 is 1.81 bits per heavy atom. The summed E-state index contributed by atoms with van der Waals surface area (Å²) in [4.78, 5) is 12.5. The Bertz CT molecular complexity index is 886. The Balaban J connectivity index is 1.66. The highest BCUT2D eigenvalue weighted by molar-refractivity contribution is 7.89. The van der Waals surface area contributed by atoms with Gasteiger partial charge in [0.05, 0.1) is 0 Å². The summed E-state index contributed by atoms with van der Waals surface area (Å²) in [6, 6.07) is 4.62. The molecule has 2 aromatic rings. The van der Waals surface area contributed by atoms with Gasteiger partial charge in [0.2, 0.25) is 10.0 Å². The molecule has 1 aromatic heterocycles. The lowest BCUT2D eigenvalue weighted by molar-refractivity contribution is 0.0955. The van der Waals surface area contributed by atoms with Gasteiger partial charge in [-0.3, -0.25) is 4.79 Å². The number of sulfonamides is 1. The lowest BCUT2D eigenvalue weighted by Gasteiger charge is -2.15. The van der Waals surface area contributed by atoms with Crippen molar-refractivity contribution in [2.45, 2.75) is 24.2 Å². The molecule has 1 aliphatic rings. The van der Waals surface area contributed by atoms with Crippen LogP contribution in [0, 0.1) is 11.6 Å². The maximum atomic E-state index is 13.2. The first-order valence-electron chi connectivity index (χ1n) is 8.19. The monoisotopic (exact) mass is 400 g/mol. The molecule has 0 spiro atoms. The maximum absolute atomic E-state index is 13.2. The third-order valence-electron chi connectivity index (χ3n) is 4.14. The van der Waals surface area contributed by atoms with Crippen LogP contribution in [0.5, 0.6) is 0 Å². The highest BCUT2D eigenvalue weighted by Gasteiger charge is 2.31. The van der Waals surface area contributed by atoms with Crippen LogP contribution in [0.3, 0.4) is 0 Å². The number of rotatable bonds is 6. The number of hydrogen-bond donors (Lipinski definition) is 1. The molecule has 1 saturated heterocycles. The highest BCUT2D eigenvalue weighted by Crippen LogP contribution is 2.27.